The molecule has 0 saturated heterocycles. The van der Waals surface area contributed by atoms with E-state index < -0.39 is 21.8 Å². The average Bonchev–Trinajstić information content (AvgIpc) is 3.79. The SMILES string of the molecule is O=C1OC(c2ccc([N+](=O)[O-])cc2)=N/C1=C\c1ccccc1OCCCCCCCCCCCCOc1ccccc1/C=C1/N=C(c2ccc([N+](=O)[O-])cc2)OC1=O. The van der Waals surface area contributed by atoms with Crippen molar-refractivity contribution in [3.8, 4) is 11.5 Å². The molecule has 4 aromatic carbocycles. The Bertz CT molecular complexity index is 2090. The fraction of sp³-hybridized carbons (Fsp3) is 0.273. The largest absolute Gasteiger partial charge is 0.493 e. The summed E-state index contributed by atoms with van der Waals surface area (Å²) in [7, 11) is 0. The predicted molar refractivity (Wildman–Crippen MR) is 217 cm³/mol. The molecule has 0 amide bonds. The van der Waals surface area contributed by atoms with Crippen molar-refractivity contribution < 1.29 is 38.4 Å². The van der Waals surface area contributed by atoms with Gasteiger partial charge in [-0.05, 0) is 61.4 Å². The van der Waals surface area contributed by atoms with Crippen LogP contribution in [0.4, 0.5) is 11.4 Å². The number of cyclic esters (lactones) is 2. The number of nitrogens with zero attached hydrogens (tertiary/aromatic N) is 4. The van der Waals surface area contributed by atoms with Crippen molar-refractivity contribution in [3.63, 3.8) is 0 Å². The molecular weight excluding hydrogens is 745 g/mol. The summed E-state index contributed by atoms with van der Waals surface area (Å²) in [5, 5.41) is 21.9. The molecule has 2 heterocycles. The Labute approximate surface area is 334 Å². The molecule has 2 aliphatic heterocycles. The van der Waals surface area contributed by atoms with Gasteiger partial charge in [0.1, 0.15) is 11.5 Å². The molecule has 2 aliphatic rings. The molecule has 0 saturated carbocycles. The van der Waals surface area contributed by atoms with Crippen LogP contribution in [0.15, 0.2) is 118 Å². The third kappa shape index (κ3) is 11.3. The van der Waals surface area contributed by atoms with Gasteiger partial charge in [-0.1, -0.05) is 87.8 Å². The highest BCUT2D eigenvalue weighted by Crippen LogP contribution is 2.28. The lowest BCUT2D eigenvalue weighted by molar-refractivity contribution is -0.385. The zero-order valence-electron chi connectivity index (χ0n) is 31.7. The van der Waals surface area contributed by atoms with Crippen molar-refractivity contribution in [2.45, 2.75) is 64.2 Å². The van der Waals surface area contributed by atoms with Crippen LogP contribution in [0.3, 0.4) is 0 Å². The minimum atomic E-state index is -0.601. The zero-order chi connectivity index (χ0) is 40.7. The van der Waals surface area contributed by atoms with E-state index in [9.17, 15) is 29.8 Å². The maximum atomic E-state index is 12.5. The van der Waals surface area contributed by atoms with Crippen molar-refractivity contribution >= 4 is 47.3 Å². The van der Waals surface area contributed by atoms with Gasteiger partial charge in [0.15, 0.2) is 11.4 Å². The fourth-order valence-corrected chi connectivity index (χ4v) is 6.26. The van der Waals surface area contributed by atoms with Crippen LogP contribution in [0.5, 0.6) is 11.5 Å². The van der Waals surface area contributed by atoms with Gasteiger partial charge < -0.3 is 18.9 Å². The fourth-order valence-electron chi connectivity index (χ4n) is 6.26. The number of hydrogen-bond acceptors (Lipinski definition) is 12. The van der Waals surface area contributed by atoms with E-state index in [1.165, 1.54) is 74.2 Å². The Morgan fingerprint density at radius 2 is 0.845 bits per heavy atom. The number of esters is 2. The van der Waals surface area contributed by atoms with Crippen molar-refractivity contribution in [3.05, 3.63) is 151 Å². The second kappa shape index (κ2) is 20.3. The number of nitro groups is 2. The number of carbonyl (C=O) groups excluding carboxylic acids is 2. The summed E-state index contributed by atoms with van der Waals surface area (Å²) in [6, 6.07) is 26.2. The van der Waals surface area contributed by atoms with Crippen LogP contribution < -0.4 is 9.47 Å². The van der Waals surface area contributed by atoms with Crippen molar-refractivity contribution in [2.75, 3.05) is 13.2 Å². The quantitative estimate of drug-likeness (QED) is 0.0259. The Kier molecular flexibility index (Phi) is 14.2. The summed E-state index contributed by atoms with van der Waals surface area (Å²) in [5.74, 6) is 0.283. The Hall–Kier alpha value is -6.96. The van der Waals surface area contributed by atoms with E-state index in [1.807, 2.05) is 48.5 Å². The van der Waals surface area contributed by atoms with Crippen LogP contribution in [-0.4, -0.2) is 46.8 Å². The molecular formula is C44H42N4O10. The first kappa shape index (κ1) is 40.7. The van der Waals surface area contributed by atoms with Crippen LogP contribution in [0.25, 0.3) is 12.2 Å². The molecule has 14 heteroatoms. The van der Waals surface area contributed by atoms with Gasteiger partial charge >= 0.3 is 11.9 Å². The minimum absolute atomic E-state index is 0.0628. The Morgan fingerprint density at radius 1 is 0.500 bits per heavy atom. The molecule has 0 fully saturated rings. The average molecular weight is 787 g/mol. The molecule has 298 valence electrons. The third-order valence-corrected chi connectivity index (χ3v) is 9.37. The second-order valence-electron chi connectivity index (χ2n) is 13.6. The lowest BCUT2D eigenvalue weighted by atomic mass is 10.1. The number of nitro benzene ring substituents is 2. The lowest BCUT2D eigenvalue weighted by Crippen LogP contribution is -2.05. The van der Waals surface area contributed by atoms with Gasteiger partial charge in [0, 0.05) is 46.5 Å². The molecule has 58 heavy (non-hydrogen) atoms. The van der Waals surface area contributed by atoms with Crippen molar-refractivity contribution in [2.24, 2.45) is 9.98 Å². The smallest absolute Gasteiger partial charge is 0.363 e. The van der Waals surface area contributed by atoms with Gasteiger partial charge in [0.25, 0.3) is 11.4 Å². The summed E-state index contributed by atoms with van der Waals surface area (Å²) < 4.78 is 22.7. The number of non-ortho nitro benzene ring substituents is 2. The number of ether oxygens (including phenoxy) is 4. The summed E-state index contributed by atoms with van der Waals surface area (Å²) in [4.78, 5) is 54.5. The second-order valence-corrected chi connectivity index (χ2v) is 13.6. The number of para-hydroxylation sites is 2. The van der Waals surface area contributed by atoms with Crippen molar-refractivity contribution in [1.29, 1.82) is 0 Å². The molecule has 14 nitrogen and oxygen atoms in total. The number of aliphatic imine (C=N–C) groups is 2. The Morgan fingerprint density at radius 3 is 1.21 bits per heavy atom. The lowest BCUT2D eigenvalue weighted by Gasteiger charge is -2.09. The van der Waals surface area contributed by atoms with Gasteiger partial charge in [-0.15, -0.1) is 0 Å². The predicted octanol–water partition coefficient (Wildman–Crippen LogP) is 9.55. The normalized spacial score (nSPS) is 14.9. The molecule has 0 aromatic heterocycles. The van der Waals surface area contributed by atoms with Gasteiger partial charge in [0.05, 0.1) is 23.1 Å². The molecule has 0 atom stereocenters. The first-order valence-corrected chi connectivity index (χ1v) is 19.2. The molecule has 0 N–H and O–H groups in total. The van der Waals surface area contributed by atoms with E-state index in [2.05, 4.69) is 9.98 Å². The van der Waals surface area contributed by atoms with E-state index in [4.69, 9.17) is 18.9 Å². The highest BCUT2D eigenvalue weighted by atomic mass is 16.6. The first-order valence-electron chi connectivity index (χ1n) is 19.2. The minimum Gasteiger partial charge on any atom is -0.493 e. The van der Waals surface area contributed by atoms with Crippen LogP contribution in [0.1, 0.15) is 86.5 Å². The number of rotatable bonds is 21. The zero-order valence-corrected chi connectivity index (χ0v) is 31.7. The van der Waals surface area contributed by atoms with E-state index in [0.717, 1.165) is 38.5 Å². The number of benzene rings is 4. The summed E-state index contributed by atoms with van der Waals surface area (Å²) >= 11 is 0. The summed E-state index contributed by atoms with van der Waals surface area (Å²) in [5.41, 5.74) is 2.47. The van der Waals surface area contributed by atoms with Gasteiger partial charge in [-0.25, -0.2) is 19.6 Å². The van der Waals surface area contributed by atoms with Gasteiger partial charge in [-0.3, -0.25) is 20.2 Å². The van der Waals surface area contributed by atoms with E-state index >= 15 is 0 Å². The van der Waals surface area contributed by atoms with Crippen LogP contribution >= 0.6 is 0 Å². The molecule has 0 spiro atoms. The number of carbonyl (C=O) groups is 2. The molecule has 0 bridgehead atoms. The van der Waals surface area contributed by atoms with E-state index in [1.54, 1.807) is 12.2 Å². The van der Waals surface area contributed by atoms with E-state index in [0.29, 0.717) is 47.0 Å². The number of hydrogen-bond donors (Lipinski definition) is 0. The molecule has 0 radical (unpaired) electrons. The molecule has 0 aliphatic carbocycles. The van der Waals surface area contributed by atoms with Gasteiger partial charge in [0.2, 0.25) is 11.8 Å². The van der Waals surface area contributed by atoms with Crippen LogP contribution in [0.2, 0.25) is 0 Å². The topological polar surface area (TPSA) is 182 Å². The standard InChI is InChI=1S/C44H42N4O10/c49-43-37(45-41(57-43)31-19-23-35(24-20-31)47(51)52)29-33-15-9-11-17-39(33)55-27-13-7-5-3-1-2-4-6-8-14-28-56-40-18-12-10-16-34(40)30-38-44(50)58-42(46-38)32-21-25-36(26-22-32)48(53)54/h9-12,15-26,29-30H,1-8,13-14,27-28H2/b37-29-,38-30+. The maximum Gasteiger partial charge on any atom is 0.363 e. The van der Waals surface area contributed by atoms with Gasteiger partial charge in [-0.2, -0.15) is 0 Å². The highest BCUT2D eigenvalue weighted by molar-refractivity contribution is 6.13. The Balaban J connectivity index is 0.833. The summed E-state index contributed by atoms with van der Waals surface area (Å²) in [6.07, 6.45) is 14.2. The third-order valence-electron chi connectivity index (χ3n) is 9.37. The van der Waals surface area contributed by atoms with Crippen molar-refractivity contribution in [1.82, 2.24) is 0 Å². The molecule has 6 rings (SSSR count). The number of unbranched alkanes of at least 4 members (excludes halogenated alkanes) is 9. The highest BCUT2D eigenvalue weighted by Gasteiger charge is 2.26. The van der Waals surface area contributed by atoms with Crippen LogP contribution in [0, 0.1) is 20.2 Å². The van der Waals surface area contributed by atoms with E-state index in [-0.39, 0.29) is 34.6 Å². The maximum absolute atomic E-state index is 12.5. The van der Waals surface area contributed by atoms with Crippen LogP contribution in [-0.2, 0) is 19.1 Å². The first-order chi connectivity index (χ1) is 28.2. The molecule has 0 unspecified atom stereocenters. The molecule has 4 aromatic rings. The summed E-state index contributed by atoms with van der Waals surface area (Å²) in [6.45, 7) is 1.11. The monoisotopic (exact) mass is 786 g/mol.